The number of benzene rings is 1. The standard InChI is InChI=1S/C21H28N4O2/c1-4-27-20-13-16(9-11-23-20)14-24-21(22-2)25-12-10-18(15-25)17-5-7-19(26-3)8-6-17/h5-9,11,13,18H,4,10,12,14-15H2,1-3H3,(H,22,24). The van der Waals surface area contributed by atoms with E-state index in [-0.39, 0.29) is 0 Å². The first kappa shape index (κ1) is 19.0. The number of hydrogen-bond donors (Lipinski definition) is 1. The van der Waals surface area contributed by atoms with E-state index in [1.807, 2.05) is 38.2 Å². The van der Waals surface area contributed by atoms with Crippen LogP contribution in [0.4, 0.5) is 0 Å². The Bertz CT molecular complexity index is 761. The second kappa shape index (κ2) is 9.26. The summed E-state index contributed by atoms with van der Waals surface area (Å²) in [4.78, 5) is 11.0. The Labute approximate surface area is 161 Å². The summed E-state index contributed by atoms with van der Waals surface area (Å²) in [5, 5.41) is 3.46. The molecule has 1 aromatic heterocycles. The highest BCUT2D eigenvalue weighted by Crippen LogP contribution is 2.28. The highest BCUT2D eigenvalue weighted by atomic mass is 16.5. The van der Waals surface area contributed by atoms with Crippen molar-refractivity contribution in [3.05, 3.63) is 53.7 Å². The summed E-state index contributed by atoms with van der Waals surface area (Å²) < 4.78 is 10.7. The van der Waals surface area contributed by atoms with Crippen molar-refractivity contribution in [2.75, 3.05) is 33.9 Å². The zero-order chi connectivity index (χ0) is 19.1. The summed E-state index contributed by atoms with van der Waals surface area (Å²) in [6, 6.07) is 12.3. The molecule has 0 aliphatic carbocycles. The lowest BCUT2D eigenvalue weighted by Gasteiger charge is -2.22. The van der Waals surface area contributed by atoms with E-state index >= 15 is 0 Å². The molecule has 1 unspecified atom stereocenters. The van der Waals surface area contributed by atoms with E-state index in [0.29, 0.717) is 24.9 Å². The van der Waals surface area contributed by atoms with Crippen LogP contribution in [0.1, 0.15) is 30.4 Å². The Kier molecular flexibility index (Phi) is 6.52. The van der Waals surface area contributed by atoms with Gasteiger partial charge < -0.3 is 19.7 Å². The van der Waals surface area contributed by atoms with Gasteiger partial charge in [0, 0.05) is 44.9 Å². The monoisotopic (exact) mass is 368 g/mol. The van der Waals surface area contributed by atoms with Crippen molar-refractivity contribution in [1.29, 1.82) is 0 Å². The summed E-state index contributed by atoms with van der Waals surface area (Å²) in [5.41, 5.74) is 2.48. The summed E-state index contributed by atoms with van der Waals surface area (Å²) in [7, 11) is 3.53. The molecular formula is C21H28N4O2. The van der Waals surface area contributed by atoms with Gasteiger partial charge in [-0.2, -0.15) is 0 Å². The van der Waals surface area contributed by atoms with Crippen LogP contribution in [0, 0.1) is 0 Å². The van der Waals surface area contributed by atoms with Crippen LogP contribution in [0.2, 0.25) is 0 Å². The molecule has 3 rings (SSSR count). The smallest absolute Gasteiger partial charge is 0.213 e. The zero-order valence-electron chi connectivity index (χ0n) is 16.3. The van der Waals surface area contributed by atoms with Gasteiger partial charge in [0.2, 0.25) is 5.88 Å². The molecule has 1 N–H and O–H groups in total. The van der Waals surface area contributed by atoms with Crippen LogP contribution in [0.25, 0.3) is 0 Å². The number of methoxy groups -OCH3 is 1. The lowest BCUT2D eigenvalue weighted by Crippen LogP contribution is -2.39. The maximum Gasteiger partial charge on any atom is 0.213 e. The second-order valence-electron chi connectivity index (χ2n) is 6.54. The number of likely N-dealkylation sites (tertiary alicyclic amines) is 1. The van der Waals surface area contributed by atoms with Gasteiger partial charge in [0.15, 0.2) is 5.96 Å². The molecule has 0 radical (unpaired) electrons. The van der Waals surface area contributed by atoms with E-state index in [1.54, 1.807) is 13.3 Å². The number of aliphatic imine (C=N–C) groups is 1. The number of hydrogen-bond acceptors (Lipinski definition) is 4. The van der Waals surface area contributed by atoms with Gasteiger partial charge in [-0.05, 0) is 42.7 Å². The zero-order valence-corrected chi connectivity index (χ0v) is 16.3. The van der Waals surface area contributed by atoms with E-state index in [9.17, 15) is 0 Å². The quantitative estimate of drug-likeness (QED) is 0.627. The lowest BCUT2D eigenvalue weighted by molar-refractivity contribution is 0.326. The first-order chi connectivity index (χ1) is 13.2. The van der Waals surface area contributed by atoms with Crippen molar-refractivity contribution in [1.82, 2.24) is 15.2 Å². The molecule has 1 saturated heterocycles. The maximum absolute atomic E-state index is 5.47. The number of nitrogens with zero attached hydrogens (tertiary/aromatic N) is 3. The van der Waals surface area contributed by atoms with Crippen molar-refractivity contribution in [2.45, 2.75) is 25.8 Å². The Morgan fingerprint density at radius 3 is 2.81 bits per heavy atom. The molecule has 6 heteroatoms. The fourth-order valence-electron chi connectivity index (χ4n) is 3.40. The third-order valence-corrected chi connectivity index (χ3v) is 4.83. The molecule has 0 spiro atoms. The normalized spacial score (nSPS) is 17.1. The van der Waals surface area contributed by atoms with Crippen molar-refractivity contribution in [3.63, 3.8) is 0 Å². The van der Waals surface area contributed by atoms with Crippen LogP contribution in [-0.4, -0.2) is 49.7 Å². The molecule has 0 amide bonds. The minimum atomic E-state index is 0.514. The molecular weight excluding hydrogens is 340 g/mol. The van der Waals surface area contributed by atoms with Crippen LogP contribution < -0.4 is 14.8 Å². The van der Waals surface area contributed by atoms with Gasteiger partial charge >= 0.3 is 0 Å². The third kappa shape index (κ3) is 4.90. The van der Waals surface area contributed by atoms with E-state index < -0.39 is 0 Å². The number of ether oxygens (including phenoxy) is 2. The van der Waals surface area contributed by atoms with E-state index in [2.05, 4.69) is 32.3 Å². The number of pyridine rings is 1. The largest absolute Gasteiger partial charge is 0.497 e. The van der Waals surface area contributed by atoms with Gasteiger partial charge in [0.05, 0.1) is 13.7 Å². The van der Waals surface area contributed by atoms with E-state index in [4.69, 9.17) is 9.47 Å². The van der Waals surface area contributed by atoms with Gasteiger partial charge in [-0.1, -0.05) is 12.1 Å². The fraction of sp³-hybridized carbons (Fsp3) is 0.429. The molecule has 0 bridgehead atoms. The van der Waals surface area contributed by atoms with E-state index in [0.717, 1.165) is 36.8 Å². The van der Waals surface area contributed by atoms with Crippen molar-refractivity contribution < 1.29 is 9.47 Å². The van der Waals surface area contributed by atoms with Crippen LogP contribution in [-0.2, 0) is 6.54 Å². The molecule has 6 nitrogen and oxygen atoms in total. The summed E-state index contributed by atoms with van der Waals surface area (Å²) in [6.07, 6.45) is 2.90. The molecule has 144 valence electrons. The summed E-state index contributed by atoms with van der Waals surface area (Å²) in [5.74, 6) is 3.00. The molecule has 1 aliphatic heterocycles. The minimum absolute atomic E-state index is 0.514. The first-order valence-corrected chi connectivity index (χ1v) is 9.40. The fourth-order valence-corrected chi connectivity index (χ4v) is 3.40. The van der Waals surface area contributed by atoms with Gasteiger partial charge in [0.25, 0.3) is 0 Å². The predicted molar refractivity (Wildman–Crippen MR) is 108 cm³/mol. The molecule has 27 heavy (non-hydrogen) atoms. The average molecular weight is 368 g/mol. The Morgan fingerprint density at radius 1 is 1.30 bits per heavy atom. The molecule has 1 fully saturated rings. The number of aromatic nitrogens is 1. The van der Waals surface area contributed by atoms with Crippen LogP contribution in [0.5, 0.6) is 11.6 Å². The molecule has 2 aromatic rings. The summed E-state index contributed by atoms with van der Waals surface area (Å²) in [6.45, 7) is 5.23. The average Bonchev–Trinajstić information content (AvgIpc) is 3.19. The van der Waals surface area contributed by atoms with Gasteiger partial charge in [-0.3, -0.25) is 4.99 Å². The first-order valence-electron chi connectivity index (χ1n) is 9.40. The molecule has 1 aromatic carbocycles. The second-order valence-corrected chi connectivity index (χ2v) is 6.54. The molecule has 1 aliphatic rings. The van der Waals surface area contributed by atoms with Crippen molar-refractivity contribution in [3.8, 4) is 11.6 Å². The Hall–Kier alpha value is -2.76. The van der Waals surface area contributed by atoms with Gasteiger partial charge in [0.1, 0.15) is 5.75 Å². The lowest BCUT2D eigenvalue weighted by atomic mass is 9.98. The van der Waals surface area contributed by atoms with E-state index in [1.165, 1.54) is 5.56 Å². The highest BCUT2D eigenvalue weighted by Gasteiger charge is 2.26. The SMILES string of the molecule is CCOc1cc(CNC(=NC)N2CCC(c3ccc(OC)cc3)C2)ccn1. The summed E-state index contributed by atoms with van der Waals surface area (Å²) >= 11 is 0. The topological polar surface area (TPSA) is 59.0 Å². The minimum Gasteiger partial charge on any atom is -0.497 e. The Morgan fingerprint density at radius 2 is 2.11 bits per heavy atom. The molecule has 0 saturated carbocycles. The Balaban J connectivity index is 1.57. The third-order valence-electron chi connectivity index (χ3n) is 4.83. The van der Waals surface area contributed by atoms with Crippen LogP contribution >= 0.6 is 0 Å². The van der Waals surface area contributed by atoms with Crippen LogP contribution in [0.15, 0.2) is 47.6 Å². The number of nitrogens with one attached hydrogen (secondary N) is 1. The van der Waals surface area contributed by atoms with Crippen molar-refractivity contribution >= 4 is 5.96 Å². The number of rotatable bonds is 6. The van der Waals surface area contributed by atoms with Crippen LogP contribution in [0.3, 0.4) is 0 Å². The maximum atomic E-state index is 5.47. The van der Waals surface area contributed by atoms with Crippen molar-refractivity contribution in [2.24, 2.45) is 4.99 Å². The highest BCUT2D eigenvalue weighted by molar-refractivity contribution is 5.80. The molecule has 2 heterocycles. The number of guanidine groups is 1. The van der Waals surface area contributed by atoms with Gasteiger partial charge in [-0.15, -0.1) is 0 Å². The molecule has 1 atom stereocenters. The predicted octanol–water partition coefficient (Wildman–Crippen LogP) is 3.05. The van der Waals surface area contributed by atoms with Gasteiger partial charge in [-0.25, -0.2) is 4.98 Å².